The van der Waals surface area contributed by atoms with Crippen LogP contribution in [0.1, 0.15) is 53.9 Å². The normalized spacial score (nSPS) is 41.7. The van der Waals surface area contributed by atoms with Gasteiger partial charge in [-0.25, -0.2) is 0 Å². The van der Waals surface area contributed by atoms with Gasteiger partial charge in [0.05, 0.1) is 13.2 Å². The van der Waals surface area contributed by atoms with Gasteiger partial charge in [0, 0.05) is 11.3 Å². The largest absolute Gasteiger partial charge is 0.352 e. The highest BCUT2D eigenvalue weighted by Crippen LogP contribution is 2.39. The molecule has 19 heavy (non-hydrogen) atoms. The molecule has 2 rings (SSSR count). The Morgan fingerprint density at radius 2 is 2.00 bits per heavy atom. The summed E-state index contributed by atoms with van der Waals surface area (Å²) >= 11 is 0. The molecule has 2 aliphatic rings. The van der Waals surface area contributed by atoms with Crippen molar-refractivity contribution >= 4 is 0 Å². The predicted molar refractivity (Wildman–Crippen MR) is 78.9 cm³/mol. The van der Waals surface area contributed by atoms with Crippen LogP contribution in [-0.2, 0) is 9.47 Å². The average molecular weight is 266 g/mol. The Labute approximate surface area is 118 Å². The third-order valence-electron chi connectivity index (χ3n) is 5.42. The molecule has 2 heteroatoms. The van der Waals surface area contributed by atoms with E-state index in [1.165, 1.54) is 18.4 Å². The van der Waals surface area contributed by atoms with Crippen LogP contribution in [0.2, 0.25) is 0 Å². The molecule has 0 aromatic carbocycles. The second kappa shape index (κ2) is 5.97. The van der Waals surface area contributed by atoms with Crippen molar-refractivity contribution in [3.05, 3.63) is 11.6 Å². The smallest absolute Gasteiger partial charge is 0.160 e. The molecule has 2 nitrogen and oxygen atoms in total. The molecule has 1 aliphatic carbocycles. The van der Waals surface area contributed by atoms with Crippen LogP contribution in [0.3, 0.4) is 0 Å². The quantitative estimate of drug-likeness (QED) is 0.705. The number of ether oxygens (including phenoxy) is 2. The lowest BCUT2D eigenvalue weighted by molar-refractivity contribution is -0.261. The van der Waals surface area contributed by atoms with Crippen LogP contribution in [0.5, 0.6) is 0 Å². The molecular weight excluding hydrogens is 236 g/mol. The van der Waals surface area contributed by atoms with Gasteiger partial charge in [0.2, 0.25) is 0 Å². The highest BCUT2D eigenvalue weighted by molar-refractivity contribution is 5.05. The summed E-state index contributed by atoms with van der Waals surface area (Å²) in [5.41, 5.74) is 1.71. The van der Waals surface area contributed by atoms with Crippen LogP contribution in [-0.4, -0.2) is 19.5 Å². The summed E-state index contributed by atoms with van der Waals surface area (Å²) in [5.74, 6) is 1.85. The maximum atomic E-state index is 6.11. The summed E-state index contributed by atoms with van der Waals surface area (Å²) < 4.78 is 12.2. The summed E-state index contributed by atoms with van der Waals surface area (Å²) in [6, 6.07) is 0. The number of hydrogen-bond donors (Lipinski definition) is 0. The Hall–Kier alpha value is -0.340. The van der Waals surface area contributed by atoms with Gasteiger partial charge in [-0.05, 0) is 31.6 Å². The SMILES string of the molecule is CCC(C)C1(C)COC(C2CC=C(C)CC2C)OC1. The zero-order chi connectivity index (χ0) is 14.0. The van der Waals surface area contributed by atoms with Crippen molar-refractivity contribution in [3.8, 4) is 0 Å². The van der Waals surface area contributed by atoms with Crippen molar-refractivity contribution in [2.45, 2.75) is 60.2 Å². The maximum absolute atomic E-state index is 6.11. The second-order valence-corrected chi connectivity index (χ2v) is 7.09. The molecule has 0 amide bonds. The topological polar surface area (TPSA) is 18.5 Å². The van der Waals surface area contributed by atoms with Gasteiger partial charge >= 0.3 is 0 Å². The van der Waals surface area contributed by atoms with E-state index in [9.17, 15) is 0 Å². The molecule has 1 aliphatic heterocycles. The van der Waals surface area contributed by atoms with E-state index >= 15 is 0 Å². The summed E-state index contributed by atoms with van der Waals surface area (Å²) in [6.07, 6.45) is 5.86. The summed E-state index contributed by atoms with van der Waals surface area (Å²) in [5, 5.41) is 0. The van der Waals surface area contributed by atoms with Gasteiger partial charge in [0.1, 0.15) is 0 Å². The summed E-state index contributed by atoms with van der Waals surface area (Å²) in [7, 11) is 0. The van der Waals surface area contributed by atoms with E-state index < -0.39 is 0 Å². The van der Waals surface area contributed by atoms with Crippen LogP contribution >= 0.6 is 0 Å². The molecule has 1 saturated heterocycles. The van der Waals surface area contributed by atoms with Crippen molar-refractivity contribution in [2.24, 2.45) is 23.2 Å². The van der Waals surface area contributed by atoms with E-state index in [2.05, 4.69) is 40.7 Å². The van der Waals surface area contributed by atoms with E-state index in [-0.39, 0.29) is 11.7 Å². The lowest BCUT2D eigenvalue weighted by Crippen LogP contribution is -2.47. The summed E-state index contributed by atoms with van der Waals surface area (Å²) in [6.45, 7) is 13.1. The second-order valence-electron chi connectivity index (χ2n) is 7.09. The molecule has 1 heterocycles. The monoisotopic (exact) mass is 266 g/mol. The average Bonchev–Trinajstić information content (AvgIpc) is 2.39. The van der Waals surface area contributed by atoms with Gasteiger partial charge in [-0.2, -0.15) is 0 Å². The Balaban J connectivity index is 1.93. The molecule has 0 spiro atoms. The minimum absolute atomic E-state index is 0.0106. The maximum Gasteiger partial charge on any atom is 0.160 e. The Morgan fingerprint density at radius 3 is 2.53 bits per heavy atom. The fraction of sp³-hybridized carbons (Fsp3) is 0.882. The standard InChI is InChI=1S/C17H30O2/c1-6-14(4)17(5)10-18-16(19-11-17)15-8-7-12(2)9-13(15)3/h7,13-16H,6,8-11H2,1-5H3. The van der Waals surface area contributed by atoms with Crippen LogP contribution in [0.15, 0.2) is 11.6 Å². The van der Waals surface area contributed by atoms with Crippen LogP contribution in [0.4, 0.5) is 0 Å². The first-order chi connectivity index (χ1) is 8.96. The fourth-order valence-corrected chi connectivity index (χ4v) is 3.35. The third kappa shape index (κ3) is 3.22. The molecule has 0 saturated carbocycles. The fourth-order valence-electron chi connectivity index (χ4n) is 3.35. The highest BCUT2D eigenvalue weighted by Gasteiger charge is 2.40. The first kappa shape index (κ1) is 15.1. The minimum atomic E-state index is 0.0106. The van der Waals surface area contributed by atoms with Crippen molar-refractivity contribution in [3.63, 3.8) is 0 Å². The van der Waals surface area contributed by atoms with E-state index in [1.54, 1.807) is 0 Å². The molecule has 3 unspecified atom stereocenters. The van der Waals surface area contributed by atoms with Crippen LogP contribution < -0.4 is 0 Å². The molecule has 0 N–H and O–H groups in total. The van der Waals surface area contributed by atoms with Gasteiger partial charge in [-0.15, -0.1) is 0 Å². The van der Waals surface area contributed by atoms with Crippen molar-refractivity contribution in [2.75, 3.05) is 13.2 Å². The first-order valence-corrected chi connectivity index (χ1v) is 7.85. The predicted octanol–water partition coefficient (Wildman–Crippen LogP) is 4.40. The molecule has 3 atom stereocenters. The lowest BCUT2D eigenvalue weighted by Gasteiger charge is -2.44. The van der Waals surface area contributed by atoms with Gasteiger partial charge in [-0.3, -0.25) is 0 Å². The Morgan fingerprint density at radius 1 is 1.37 bits per heavy atom. The van der Waals surface area contributed by atoms with E-state index in [1.807, 2.05) is 0 Å². The summed E-state index contributed by atoms with van der Waals surface area (Å²) in [4.78, 5) is 0. The van der Waals surface area contributed by atoms with E-state index in [0.29, 0.717) is 17.8 Å². The molecule has 0 radical (unpaired) electrons. The minimum Gasteiger partial charge on any atom is -0.352 e. The van der Waals surface area contributed by atoms with Gasteiger partial charge in [0.25, 0.3) is 0 Å². The molecule has 0 bridgehead atoms. The lowest BCUT2D eigenvalue weighted by atomic mass is 9.76. The van der Waals surface area contributed by atoms with Crippen molar-refractivity contribution in [1.29, 1.82) is 0 Å². The van der Waals surface area contributed by atoms with Crippen molar-refractivity contribution < 1.29 is 9.47 Å². The van der Waals surface area contributed by atoms with E-state index in [4.69, 9.17) is 9.47 Å². The highest BCUT2D eigenvalue weighted by atomic mass is 16.7. The first-order valence-electron chi connectivity index (χ1n) is 7.85. The number of hydrogen-bond acceptors (Lipinski definition) is 2. The van der Waals surface area contributed by atoms with Gasteiger partial charge < -0.3 is 9.47 Å². The number of rotatable bonds is 3. The zero-order valence-electron chi connectivity index (χ0n) is 13.2. The molecule has 110 valence electrons. The molecule has 0 aromatic heterocycles. The zero-order valence-corrected chi connectivity index (χ0v) is 13.2. The molecule has 0 aromatic rings. The number of allylic oxidation sites excluding steroid dienone is 2. The Bertz CT molecular complexity index is 326. The molecular formula is C17H30O2. The third-order valence-corrected chi connectivity index (χ3v) is 5.42. The Kier molecular flexibility index (Phi) is 4.73. The van der Waals surface area contributed by atoms with Gasteiger partial charge in [0.15, 0.2) is 6.29 Å². The van der Waals surface area contributed by atoms with Crippen molar-refractivity contribution in [1.82, 2.24) is 0 Å². The molecule has 1 fully saturated rings. The van der Waals surface area contributed by atoms with E-state index in [0.717, 1.165) is 19.6 Å². The van der Waals surface area contributed by atoms with Crippen LogP contribution in [0, 0.1) is 23.2 Å². The van der Waals surface area contributed by atoms with Crippen LogP contribution in [0.25, 0.3) is 0 Å². The van der Waals surface area contributed by atoms with Gasteiger partial charge in [-0.1, -0.05) is 45.8 Å².